The third-order valence-corrected chi connectivity index (χ3v) is 4.43. The molecule has 30 heavy (non-hydrogen) atoms. The summed E-state index contributed by atoms with van der Waals surface area (Å²) in [6.45, 7) is -0.523. The van der Waals surface area contributed by atoms with E-state index in [-0.39, 0.29) is 11.4 Å². The number of rotatable bonds is 7. The van der Waals surface area contributed by atoms with E-state index in [0.717, 1.165) is 5.56 Å². The summed E-state index contributed by atoms with van der Waals surface area (Å²) in [4.78, 5) is 30.6. The molecule has 0 radical (unpaired) electrons. The molecule has 8 heteroatoms. The van der Waals surface area contributed by atoms with Gasteiger partial charge in [0.2, 0.25) is 0 Å². The van der Waals surface area contributed by atoms with Crippen molar-refractivity contribution in [2.24, 2.45) is 9.98 Å². The van der Waals surface area contributed by atoms with Crippen molar-refractivity contribution < 1.29 is 14.8 Å². The van der Waals surface area contributed by atoms with Crippen LogP contribution in [-0.2, 0) is 4.79 Å². The molecule has 3 aromatic carbocycles. The van der Waals surface area contributed by atoms with E-state index in [2.05, 4.69) is 9.98 Å². The monoisotopic (exact) mass is 421 g/mol. The van der Waals surface area contributed by atoms with Gasteiger partial charge in [-0.1, -0.05) is 60.1 Å². The Bertz CT molecular complexity index is 1140. The van der Waals surface area contributed by atoms with E-state index in [9.17, 15) is 14.9 Å². The number of benzene rings is 3. The Morgan fingerprint density at radius 1 is 1.03 bits per heavy atom. The summed E-state index contributed by atoms with van der Waals surface area (Å²) in [6, 6.07) is 20.2. The summed E-state index contributed by atoms with van der Waals surface area (Å²) < 4.78 is 0. The maximum absolute atomic E-state index is 11.3. The van der Waals surface area contributed by atoms with Gasteiger partial charge < -0.3 is 5.11 Å². The Labute approximate surface area is 177 Å². The zero-order valence-corrected chi connectivity index (χ0v) is 16.4. The van der Waals surface area contributed by atoms with E-state index >= 15 is 0 Å². The van der Waals surface area contributed by atoms with Gasteiger partial charge in [0.1, 0.15) is 6.54 Å². The number of aliphatic imine (C=N–C) groups is 2. The quantitative estimate of drug-likeness (QED) is 0.332. The Balaban J connectivity index is 2.19. The number of carboxylic acid groups (broad SMARTS) is 1. The van der Waals surface area contributed by atoms with Crippen LogP contribution in [0.2, 0.25) is 5.02 Å². The van der Waals surface area contributed by atoms with Gasteiger partial charge >= 0.3 is 5.97 Å². The Hall–Kier alpha value is -3.84. The molecule has 0 amide bonds. The van der Waals surface area contributed by atoms with Crippen molar-refractivity contribution in [2.75, 3.05) is 6.54 Å². The van der Waals surface area contributed by atoms with Crippen molar-refractivity contribution in [3.8, 4) is 0 Å². The third-order valence-electron chi connectivity index (χ3n) is 4.10. The molecule has 0 bridgehead atoms. The number of halogens is 1. The average molecular weight is 422 g/mol. The van der Waals surface area contributed by atoms with Crippen LogP contribution in [0.1, 0.15) is 16.7 Å². The van der Waals surface area contributed by atoms with Crippen molar-refractivity contribution in [2.45, 2.75) is 0 Å². The standard InChI is InChI=1S/C22H16ClN3O4/c23-19-9-5-4-8-17(19)22(25-14-21(27)28)18-12-16(26(29)30)10-11-20(18)24-13-15-6-2-1-3-7-15/h1-13H,14H2,(H,27,28). The van der Waals surface area contributed by atoms with Crippen molar-refractivity contribution in [3.63, 3.8) is 0 Å². The lowest BCUT2D eigenvalue weighted by molar-refractivity contribution is -0.384. The highest BCUT2D eigenvalue weighted by molar-refractivity contribution is 6.35. The fourth-order valence-electron chi connectivity index (χ4n) is 2.74. The zero-order chi connectivity index (χ0) is 21.5. The lowest BCUT2D eigenvalue weighted by Crippen LogP contribution is -2.10. The van der Waals surface area contributed by atoms with Gasteiger partial charge in [0.05, 0.1) is 16.3 Å². The molecule has 3 rings (SSSR count). The highest BCUT2D eigenvalue weighted by Crippen LogP contribution is 2.30. The minimum atomic E-state index is -1.14. The molecule has 0 aliphatic heterocycles. The van der Waals surface area contributed by atoms with Crippen LogP contribution in [0.4, 0.5) is 11.4 Å². The van der Waals surface area contributed by atoms with Crippen LogP contribution in [0.5, 0.6) is 0 Å². The predicted molar refractivity (Wildman–Crippen MR) is 116 cm³/mol. The van der Waals surface area contributed by atoms with Gasteiger partial charge in [0, 0.05) is 34.5 Å². The smallest absolute Gasteiger partial charge is 0.325 e. The molecule has 7 nitrogen and oxygen atoms in total. The molecule has 0 fully saturated rings. The first kappa shape index (κ1) is 20.9. The minimum absolute atomic E-state index is 0.168. The third kappa shape index (κ3) is 5.15. The van der Waals surface area contributed by atoms with Crippen molar-refractivity contribution in [1.82, 2.24) is 0 Å². The summed E-state index contributed by atoms with van der Waals surface area (Å²) in [7, 11) is 0. The van der Waals surface area contributed by atoms with Gasteiger partial charge in [-0.25, -0.2) is 0 Å². The molecule has 1 N–H and O–H groups in total. The van der Waals surface area contributed by atoms with E-state index < -0.39 is 17.4 Å². The van der Waals surface area contributed by atoms with Gasteiger partial charge in [-0.2, -0.15) is 0 Å². The largest absolute Gasteiger partial charge is 0.480 e. The summed E-state index contributed by atoms with van der Waals surface area (Å²) >= 11 is 6.31. The molecule has 0 heterocycles. The Morgan fingerprint density at radius 2 is 1.73 bits per heavy atom. The van der Waals surface area contributed by atoms with E-state index in [4.69, 9.17) is 16.7 Å². The summed E-state index contributed by atoms with van der Waals surface area (Å²) in [5.41, 5.74) is 2.05. The average Bonchev–Trinajstić information content (AvgIpc) is 2.74. The van der Waals surface area contributed by atoms with Crippen LogP contribution < -0.4 is 0 Å². The first-order valence-electron chi connectivity index (χ1n) is 8.85. The number of aliphatic carboxylic acids is 1. The highest BCUT2D eigenvalue weighted by Gasteiger charge is 2.19. The Morgan fingerprint density at radius 3 is 2.40 bits per heavy atom. The second kappa shape index (κ2) is 9.58. The van der Waals surface area contributed by atoms with Gasteiger partial charge in [-0.15, -0.1) is 0 Å². The van der Waals surface area contributed by atoms with Crippen LogP contribution in [0.3, 0.4) is 0 Å². The van der Waals surface area contributed by atoms with Gasteiger partial charge in [0.15, 0.2) is 0 Å². The molecule has 0 aliphatic carbocycles. The molecular formula is C22H16ClN3O4. The number of nitro groups is 1. The molecule has 0 saturated carbocycles. The highest BCUT2D eigenvalue weighted by atomic mass is 35.5. The zero-order valence-electron chi connectivity index (χ0n) is 15.6. The van der Waals surface area contributed by atoms with E-state index in [1.165, 1.54) is 18.2 Å². The predicted octanol–water partition coefficient (Wildman–Crippen LogP) is 4.92. The molecule has 3 aromatic rings. The Kier molecular flexibility index (Phi) is 6.67. The fraction of sp³-hybridized carbons (Fsp3) is 0.0455. The first-order chi connectivity index (χ1) is 14.5. The summed E-state index contributed by atoms with van der Waals surface area (Å²) in [5, 5.41) is 20.8. The topological polar surface area (TPSA) is 105 Å². The molecule has 0 unspecified atom stereocenters. The number of hydrogen-bond donors (Lipinski definition) is 1. The van der Waals surface area contributed by atoms with Crippen molar-refractivity contribution in [1.29, 1.82) is 0 Å². The molecule has 0 spiro atoms. The fourth-order valence-corrected chi connectivity index (χ4v) is 2.96. The number of carbonyl (C=O) groups is 1. The van der Waals surface area contributed by atoms with Gasteiger partial charge in [0.25, 0.3) is 5.69 Å². The van der Waals surface area contributed by atoms with Crippen molar-refractivity contribution >= 4 is 40.9 Å². The molecule has 0 aromatic heterocycles. The van der Waals surface area contributed by atoms with Crippen LogP contribution >= 0.6 is 11.6 Å². The summed E-state index contributed by atoms with van der Waals surface area (Å²) in [5.74, 6) is -1.14. The van der Waals surface area contributed by atoms with Gasteiger partial charge in [-0.3, -0.25) is 24.9 Å². The second-order valence-electron chi connectivity index (χ2n) is 6.17. The van der Waals surface area contributed by atoms with Crippen LogP contribution in [0, 0.1) is 10.1 Å². The van der Waals surface area contributed by atoms with E-state index in [1.54, 1.807) is 30.5 Å². The van der Waals surface area contributed by atoms with E-state index in [0.29, 0.717) is 21.8 Å². The maximum Gasteiger partial charge on any atom is 0.325 e. The lowest BCUT2D eigenvalue weighted by Gasteiger charge is -2.12. The molecular weight excluding hydrogens is 406 g/mol. The number of non-ortho nitro benzene ring substituents is 1. The summed E-state index contributed by atoms with van der Waals surface area (Å²) in [6.07, 6.45) is 1.62. The van der Waals surface area contributed by atoms with Gasteiger partial charge in [-0.05, 0) is 17.7 Å². The number of hydrogen-bond acceptors (Lipinski definition) is 5. The number of nitro benzene ring substituents is 1. The van der Waals surface area contributed by atoms with Crippen LogP contribution in [-0.4, -0.2) is 34.5 Å². The maximum atomic E-state index is 11.3. The molecule has 0 saturated heterocycles. The van der Waals surface area contributed by atoms with Crippen molar-refractivity contribution in [3.05, 3.63) is 105 Å². The molecule has 150 valence electrons. The lowest BCUT2D eigenvalue weighted by atomic mass is 9.99. The number of carboxylic acids is 1. The van der Waals surface area contributed by atoms with E-state index in [1.807, 2.05) is 30.3 Å². The normalized spacial score (nSPS) is 11.6. The van der Waals surface area contributed by atoms with Crippen LogP contribution in [0.25, 0.3) is 0 Å². The minimum Gasteiger partial charge on any atom is -0.480 e. The molecule has 0 aliphatic rings. The molecule has 0 atom stereocenters. The first-order valence-corrected chi connectivity index (χ1v) is 9.22. The second-order valence-corrected chi connectivity index (χ2v) is 6.57. The SMILES string of the molecule is O=C(O)CN=C(c1ccccc1Cl)c1cc([N+](=O)[O-])ccc1N=Cc1ccccc1. The number of nitrogens with zero attached hydrogens (tertiary/aromatic N) is 3. The van der Waals surface area contributed by atoms with Crippen LogP contribution in [0.15, 0.2) is 82.8 Å².